The molecule has 0 aliphatic heterocycles. The SMILES string of the molecule is CCC(C)C(NC(=O)C(NC(=O)C(N)CCCN=C(N)N)C(C)CC)C(=O)O. The van der Waals surface area contributed by atoms with Crippen molar-refractivity contribution in [2.45, 2.75) is 71.5 Å². The Bertz CT molecular complexity index is 550. The molecule has 10 nitrogen and oxygen atoms in total. The summed E-state index contributed by atoms with van der Waals surface area (Å²) in [5, 5.41) is 14.6. The molecule has 0 rings (SSSR count). The molecule has 0 heterocycles. The van der Waals surface area contributed by atoms with Gasteiger partial charge in [-0.15, -0.1) is 0 Å². The molecule has 0 aliphatic carbocycles. The Kier molecular flexibility index (Phi) is 11.8. The third-order valence-corrected chi connectivity index (χ3v) is 4.87. The fourth-order valence-corrected chi connectivity index (χ4v) is 2.54. The number of carboxylic acids is 1. The van der Waals surface area contributed by atoms with Gasteiger partial charge in [0, 0.05) is 6.54 Å². The summed E-state index contributed by atoms with van der Waals surface area (Å²) < 4.78 is 0. The number of nitrogens with one attached hydrogen (secondary N) is 2. The van der Waals surface area contributed by atoms with Crippen LogP contribution < -0.4 is 27.8 Å². The van der Waals surface area contributed by atoms with Crippen LogP contribution >= 0.6 is 0 Å². The number of aliphatic carboxylic acids is 1. The van der Waals surface area contributed by atoms with Crippen LogP contribution in [0.15, 0.2) is 4.99 Å². The van der Waals surface area contributed by atoms with Crippen LogP contribution in [0.2, 0.25) is 0 Å². The van der Waals surface area contributed by atoms with Crippen molar-refractivity contribution in [1.29, 1.82) is 0 Å². The largest absolute Gasteiger partial charge is 0.480 e. The Morgan fingerprint density at radius 2 is 1.46 bits per heavy atom. The maximum absolute atomic E-state index is 12.7. The molecule has 0 aromatic heterocycles. The van der Waals surface area contributed by atoms with Gasteiger partial charge in [-0.25, -0.2) is 4.79 Å². The van der Waals surface area contributed by atoms with E-state index in [1.807, 2.05) is 20.8 Å². The van der Waals surface area contributed by atoms with Gasteiger partial charge in [-0.2, -0.15) is 0 Å². The van der Waals surface area contributed by atoms with Crippen LogP contribution in [0.1, 0.15) is 53.4 Å². The van der Waals surface area contributed by atoms with Gasteiger partial charge in [0.15, 0.2) is 5.96 Å². The van der Waals surface area contributed by atoms with Crippen molar-refractivity contribution < 1.29 is 19.5 Å². The lowest BCUT2D eigenvalue weighted by molar-refractivity contribution is -0.144. The molecule has 0 aromatic rings. The van der Waals surface area contributed by atoms with Gasteiger partial charge in [-0.3, -0.25) is 14.6 Å². The normalized spacial score (nSPS) is 16.2. The Morgan fingerprint density at radius 3 is 1.93 bits per heavy atom. The van der Waals surface area contributed by atoms with E-state index in [2.05, 4.69) is 15.6 Å². The van der Waals surface area contributed by atoms with E-state index in [1.54, 1.807) is 6.92 Å². The molecule has 0 aliphatic rings. The number of hydrogen-bond acceptors (Lipinski definition) is 5. The van der Waals surface area contributed by atoms with Gasteiger partial charge in [-0.05, 0) is 24.7 Å². The fraction of sp³-hybridized carbons (Fsp3) is 0.778. The van der Waals surface area contributed by atoms with Gasteiger partial charge in [0.25, 0.3) is 0 Å². The first-order chi connectivity index (χ1) is 13.0. The molecule has 28 heavy (non-hydrogen) atoms. The van der Waals surface area contributed by atoms with E-state index in [4.69, 9.17) is 17.2 Å². The maximum atomic E-state index is 12.7. The lowest BCUT2D eigenvalue weighted by Gasteiger charge is -2.28. The molecule has 9 N–H and O–H groups in total. The summed E-state index contributed by atoms with van der Waals surface area (Å²) in [6, 6.07) is -2.71. The zero-order valence-electron chi connectivity index (χ0n) is 17.3. The minimum absolute atomic E-state index is 0.0270. The third-order valence-electron chi connectivity index (χ3n) is 4.87. The van der Waals surface area contributed by atoms with E-state index in [9.17, 15) is 19.5 Å². The van der Waals surface area contributed by atoms with E-state index < -0.39 is 35.9 Å². The highest BCUT2D eigenvalue weighted by Crippen LogP contribution is 2.12. The Hall–Kier alpha value is -2.36. The summed E-state index contributed by atoms with van der Waals surface area (Å²) in [6.07, 6.45) is 2.08. The van der Waals surface area contributed by atoms with Crippen molar-refractivity contribution in [1.82, 2.24) is 10.6 Å². The highest BCUT2D eigenvalue weighted by molar-refractivity contribution is 5.92. The van der Waals surface area contributed by atoms with Gasteiger partial charge in [-0.1, -0.05) is 40.5 Å². The minimum atomic E-state index is -1.10. The van der Waals surface area contributed by atoms with Crippen LogP contribution in [0.4, 0.5) is 0 Å². The summed E-state index contributed by atoms with van der Waals surface area (Å²) in [7, 11) is 0. The molecule has 0 spiro atoms. The van der Waals surface area contributed by atoms with Gasteiger partial charge in [0.2, 0.25) is 11.8 Å². The van der Waals surface area contributed by atoms with E-state index in [0.29, 0.717) is 32.2 Å². The topological polar surface area (TPSA) is 186 Å². The number of aliphatic imine (C=N–C) groups is 1. The average molecular weight is 401 g/mol. The molecule has 0 saturated carbocycles. The van der Waals surface area contributed by atoms with Crippen molar-refractivity contribution in [3.63, 3.8) is 0 Å². The van der Waals surface area contributed by atoms with Gasteiger partial charge < -0.3 is 32.9 Å². The van der Waals surface area contributed by atoms with E-state index in [-0.39, 0.29) is 17.8 Å². The van der Waals surface area contributed by atoms with Gasteiger partial charge >= 0.3 is 5.97 Å². The molecule has 0 radical (unpaired) electrons. The number of amides is 2. The smallest absolute Gasteiger partial charge is 0.326 e. The third kappa shape index (κ3) is 9.03. The van der Waals surface area contributed by atoms with Crippen LogP contribution in [0.3, 0.4) is 0 Å². The molecule has 0 aromatic carbocycles. The number of nitrogens with zero attached hydrogens (tertiary/aromatic N) is 1. The number of nitrogens with two attached hydrogens (primary N) is 3. The lowest BCUT2D eigenvalue weighted by atomic mass is 9.95. The van der Waals surface area contributed by atoms with Crippen LogP contribution in [0.25, 0.3) is 0 Å². The number of hydrogen-bond donors (Lipinski definition) is 6. The van der Waals surface area contributed by atoms with E-state index in [1.165, 1.54) is 0 Å². The first-order valence-corrected chi connectivity index (χ1v) is 9.69. The highest BCUT2D eigenvalue weighted by atomic mass is 16.4. The molecular formula is C18H36N6O4. The second-order valence-corrected chi connectivity index (χ2v) is 7.14. The molecule has 0 bridgehead atoms. The zero-order valence-corrected chi connectivity index (χ0v) is 17.3. The average Bonchev–Trinajstić information content (AvgIpc) is 2.65. The predicted molar refractivity (Wildman–Crippen MR) is 108 cm³/mol. The van der Waals surface area contributed by atoms with Crippen LogP contribution in [-0.4, -0.2) is 53.5 Å². The molecule has 0 fully saturated rings. The molecule has 2 amide bonds. The van der Waals surface area contributed by atoms with Crippen LogP contribution in [0, 0.1) is 11.8 Å². The molecule has 5 unspecified atom stereocenters. The fourth-order valence-electron chi connectivity index (χ4n) is 2.54. The minimum Gasteiger partial charge on any atom is -0.480 e. The number of carboxylic acid groups (broad SMARTS) is 1. The van der Waals surface area contributed by atoms with E-state index >= 15 is 0 Å². The second-order valence-electron chi connectivity index (χ2n) is 7.14. The first-order valence-electron chi connectivity index (χ1n) is 9.69. The molecule has 10 heteroatoms. The standard InChI is InChI=1S/C18H36N6O4/c1-5-10(3)13(16(26)24-14(17(27)28)11(4)6-2)23-15(25)12(19)8-7-9-22-18(20)21/h10-14H,5-9,19H2,1-4H3,(H,23,25)(H,24,26)(H,27,28)(H4,20,21,22). The Labute approximate surface area is 166 Å². The van der Waals surface area contributed by atoms with Crippen LogP contribution in [0.5, 0.6) is 0 Å². The zero-order chi connectivity index (χ0) is 21.9. The number of rotatable bonds is 13. The maximum Gasteiger partial charge on any atom is 0.326 e. The first kappa shape index (κ1) is 25.6. The summed E-state index contributed by atoms with van der Waals surface area (Å²) >= 11 is 0. The van der Waals surface area contributed by atoms with E-state index in [0.717, 1.165) is 0 Å². The highest BCUT2D eigenvalue weighted by Gasteiger charge is 2.32. The number of guanidine groups is 1. The molecule has 5 atom stereocenters. The number of carbonyl (C=O) groups is 3. The van der Waals surface area contributed by atoms with Crippen molar-refractivity contribution in [3.05, 3.63) is 0 Å². The quantitative estimate of drug-likeness (QED) is 0.137. The van der Waals surface area contributed by atoms with Crippen molar-refractivity contribution in [3.8, 4) is 0 Å². The predicted octanol–water partition coefficient (Wildman–Crippen LogP) is -0.486. The van der Waals surface area contributed by atoms with Crippen molar-refractivity contribution in [2.75, 3.05) is 6.54 Å². The summed E-state index contributed by atoms with van der Waals surface area (Å²) in [5.41, 5.74) is 16.4. The summed E-state index contributed by atoms with van der Waals surface area (Å²) in [4.78, 5) is 40.4. The van der Waals surface area contributed by atoms with Crippen molar-refractivity contribution >= 4 is 23.7 Å². The molecular weight excluding hydrogens is 364 g/mol. The summed E-state index contributed by atoms with van der Waals surface area (Å²) in [5.74, 6) is -2.56. The second kappa shape index (κ2) is 12.9. The van der Waals surface area contributed by atoms with Gasteiger partial charge in [0.1, 0.15) is 12.1 Å². The Morgan fingerprint density at radius 1 is 0.964 bits per heavy atom. The van der Waals surface area contributed by atoms with Crippen LogP contribution in [-0.2, 0) is 14.4 Å². The van der Waals surface area contributed by atoms with Gasteiger partial charge in [0.05, 0.1) is 6.04 Å². The molecule has 0 saturated heterocycles. The monoisotopic (exact) mass is 400 g/mol. The Balaban J connectivity index is 5.01. The molecule has 162 valence electrons. The van der Waals surface area contributed by atoms with Crippen molar-refractivity contribution in [2.24, 2.45) is 34.0 Å². The lowest BCUT2D eigenvalue weighted by Crippen LogP contribution is -2.57. The summed E-state index contributed by atoms with van der Waals surface area (Å²) in [6.45, 7) is 7.65. The number of carbonyl (C=O) groups excluding carboxylic acids is 2.